The molecule has 0 fully saturated rings. The highest BCUT2D eigenvalue weighted by atomic mass is 16.1. The summed E-state index contributed by atoms with van der Waals surface area (Å²) in [6.07, 6.45) is 0. The fourth-order valence-corrected chi connectivity index (χ4v) is 1.71. The number of nitrogens with one attached hydrogen (secondary N) is 1. The van der Waals surface area contributed by atoms with Gasteiger partial charge in [-0.05, 0) is 26.0 Å². The van der Waals surface area contributed by atoms with Gasteiger partial charge in [-0.25, -0.2) is 4.98 Å². The number of para-hydroxylation sites is 1. The number of carbonyl (C=O) groups is 1. The lowest BCUT2D eigenvalue weighted by atomic mass is 10.0. The van der Waals surface area contributed by atoms with Gasteiger partial charge < -0.3 is 11.1 Å². The maximum Gasteiger partial charge on any atom is 0.242 e. The summed E-state index contributed by atoms with van der Waals surface area (Å²) >= 11 is 0. The van der Waals surface area contributed by atoms with Crippen LogP contribution in [0.5, 0.6) is 0 Å². The highest BCUT2D eigenvalue weighted by Gasteiger charge is 2.25. The second-order valence-electron chi connectivity index (χ2n) is 4.80. The number of amides is 1. The van der Waals surface area contributed by atoms with Crippen LogP contribution in [-0.4, -0.2) is 16.4 Å². The summed E-state index contributed by atoms with van der Waals surface area (Å²) in [4.78, 5) is 15.7. The molecule has 1 aromatic heterocycles. The van der Waals surface area contributed by atoms with Crippen LogP contribution in [0.15, 0.2) is 30.3 Å². The van der Waals surface area contributed by atoms with Gasteiger partial charge in [0.2, 0.25) is 5.91 Å². The molecule has 5 heteroatoms. The lowest BCUT2D eigenvalue weighted by molar-refractivity contribution is -0.121. The van der Waals surface area contributed by atoms with Gasteiger partial charge in [0.05, 0.1) is 17.1 Å². The van der Waals surface area contributed by atoms with E-state index in [4.69, 9.17) is 5.73 Å². The summed E-state index contributed by atoms with van der Waals surface area (Å²) in [5.41, 5.74) is 5.58. The number of primary amides is 1. The smallest absolute Gasteiger partial charge is 0.242 e. The normalized spacial score (nSPS) is 11.0. The number of nitrogens with two attached hydrogens (primary N) is 1. The van der Waals surface area contributed by atoms with Crippen molar-refractivity contribution in [3.8, 4) is 6.07 Å². The van der Waals surface area contributed by atoms with E-state index in [1.54, 1.807) is 19.9 Å². The number of aromatic nitrogens is 1. The molecule has 0 unspecified atom stereocenters. The summed E-state index contributed by atoms with van der Waals surface area (Å²) in [6, 6.07) is 11.1. The molecule has 0 radical (unpaired) electrons. The minimum absolute atomic E-state index is 0.457. The zero-order valence-corrected chi connectivity index (χ0v) is 10.8. The second-order valence-corrected chi connectivity index (χ2v) is 4.80. The van der Waals surface area contributed by atoms with E-state index < -0.39 is 11.4 Å². The van der Waals surface area contributed by atoms with Gasteiger partial charge in [-0.3, -0.25) is 4.79 Å². The van der Waals surface area contributed by atoms with Gasteiger partial charge in [0, 0.05) is 5.39 Å². The number of hydrogen-bond donors (Lipinski definition) is 2. The lowest BCUT2D eigenvalue weighted by Crippen LogP contribution is -2.45. The number of rotatable bonds is 3. The van der Waals surface area contributed by atoms with Crippen molar-refractivity contribution in [2.75, 3.05) is 5.32 Å². The molecule has 96 valence electrons. The molecule has 3 N–H and O–H groups in total. The first-order valence-corrected chi connectivity index (χ1v) is 5.82. The maximum atomic E-state index is 11.3. The Bertz CT molecular complexity index is 685. The van der Waals surface area contributed by atoms with Crippen LogP contribution >= 0.6 is 0 Å². The summed E-state index contributed by atoms with van der Waals surface area (Å²) in [6.45, 7) is 3.33. The zero-order valence-electron chi connectivity index (χ0n) is 10.8. The molecular formula is C14H14N4O. The summed E-state index contributed by atoms with van der Waals surface area (Å²) in [5.74, 6) is -0.0278. The molecule has 2 aromatic rings. The average molecular weight is 254 g/mol. The largest absolute Gasteiger partial charge is 0.368 e. The van der Waals surface area contributed by atoms with E-state index in [0.717, 1.165) is 5.39 Å². The van der Waals surface area contributed by atoms with Crippen molar-refractivity contribution in [3.63, 3.8) is 0 Å². The predicted octanol–water partition coefficient (Wildman–Crippen LogP) is 1.78. The van der Waals surface area contributed by atoms with Crippen LogP contribution in [0.2, 0.25) is 0 Å². The van der Waals surface area contributed by atoms with Crippen LogP contribution < -0.4 is 11.1 Å². The Kier molecular flexibility index (Phi) is 3.09. The van der Waals surface area contributed by atoms with Crippen LogP contribution in [0.25, 0.3) is 10.9 Å². The number of anilines is 1. The first-order valence-electron chi connectivity index (χ1n) is 5.82. The second kappa shape index (κ2) is 4.58. The third-order valence-electron chi connectivity index (χ3n) is 2.89. The Hall–Kier alpha value is -2.61. The van der Waals surface area contributed by atoms with Gasteiger partial charge in [-0.15, -0.1) is 0 Å². The van der Waals surface area contributed by atoms with Crippen molar-refractivity contribution in [2.45, 2.75) is 19.4 Å². The molecule has 0 bridgehead atoms. The Labute approximate surface area is 111 Å². The number of carbonyl (C=O) groups excluding carboxylic acids is 1. The topological polar surface area (TPSA) is 91.8 Å². The minimum Gasteiger partial charge on any atom is -0.368 e. The van der Waals surface area contributed by atoms with Crippen LogP contribution in [-0.2, 0) is 4.79 Å². The molecule has 19 heavy (non-hydrogen) atoms. The van der Waals surface area contributed by atoms with Crippen molar-refractivity contribution in [1.82, 2.24) is 4.98 Å². The van der Waals surface area contributed by atoms with E-state index in [1.165, 1.54) is 0 Å². The van der Waals surface area contributed by atoms with E-state index in [-0.39, 0.29) is 0 Å². The van der Waals surface area contributed by atoms with Crippen LogP contribution in [0, 0.1) is 11.3 Å². The number of hydrogen-bond acceptors (Lipinski definition) is 4. The molecule has 1 aromatic carbocycles. The lowest BCUT2D eigenvalue weighted by Gasteiger charge is -2.23. The number of nitriles is 1. The fraction of sp³-hybridized carbons (Fsp3) is 0.214. The Balaban J connectivity index is 2.52. The molecule has 0 spiro atoms. The molecule has 0 aliphatic heterocycles. The summed E-state index contributed by atoms with van der Waals surface area (Å²) in [7, 11) is 0. The first kappa shape index (κ1) is 12.8. The number of nitrogens with zero attached hydrogens (tertiary/aromatic N) is 2. The minimum atomic E-state index is -0.928. The Morgan fingerprint density at radius 3 is 2.74 bits per heavy atom. The highest BCUT2D eigenvalue weighted by molar-refractivity contribution is 5.89. The van der Waals surface area contributed by atoms with Crippen molar-refractivity contribution in [3.05, 3.63) is 35.9 Å². The standard InChI is InChI=1S/C14H14N4O/c1-14(2,13(16)19)18-12-7-9(8-15)10-5-3-4-6-11(10)17-12/h3-7H,1-2H3,(H2,16,19)(H,17,18). The van der Waals surface area contributed by atoms with E-state index in [1.807, 2.05) is 24.3 Å². The molecular weight excluding hydrogens is 240 g/mol. The fourth-order valence-electron chi connectivity index (χ4n) is 1.71. The van der Waals surface area contributed by atoms with Gasteiger partial charge >= 0.3 is 0 Å². The Morgan fingerprint density at radius 2 is 2.11 bits per heavy atom. The van der Waals surface area contributed by atoms with Gasteiger partial charge in [-0.2, -0.15) is 5.26 Å². The van der Waals surface area contributed by atoms with Gasteiger partial charge in [0.1, 0.15) is 11.4 Å². The molecule has 1 heterocycles. The maximum absolute atomic E-state index is 11.3. The number of pyridine rings is 1. The molecule has 0 saturated heterocycles. The zero-order chi connectivity index (χ0) is 14.0. The van der Waals surface area contributed by atoms with Gasteiger partial charge in [0.25, 0.3) is 0 Å². The van der Waals surface area contributed by atoms with E-state index in [9.17, 15) is 10.1 Å². The van der Waals surface area contributed by atoms with Crippen LogP contribution in [0.4, 0.5) is 5.82 Å². The summed E-state index contributed by atoms with van der Waals surface area (Å²) in [5, 5.41) is 12.9. The predicted molar refractivity (Wildman–Crippen MR) is 73.4 cm³/mol. The van der Waals surface area contributed by atoms with Crippen molar-refractivity contribution >= 4 is 22.6 Å². The van der Waals surface area contributed by atoms with Crippen molar-refractivity contribution in [1.29, 1.82) is 5.26 Å². The number of fused-ring (bicyclic) bond motifs is 1. The van der Waals surface area contributed by atoms with Crippen LogP contribution in [0.3, 0.4) is 0 Å². The molecule has 0 aliphatic carbocycles. The molecule has 0 saturated carbocycles. The van der Waals surface area contributed by atoms with Crippen molar-refractivity contribution < 1.29 is 4.79 Å². The highest BCUT2D eigenvalue weighted by Crippen LogP contribution is 2.22. The Morgan fingerprint density at radius 1 is 1.42 bits per heavy atom. The number of benzene rings is 1. The SMILES string of the molecule is CC(C)(Nc1cc(C#N)c2ccccc2n1)C(N)=O. The molecule has 5 nitrogen and oxygen atoms in total. The quantitative estimate of drug-likeness (QED) is 0.873. The first-order chi connectivity index (χ1) is 8.94. The van der Waals surface area contributed by atoms with E-state index >= 15 is 0 Å². The molecule has 2 rings (SSSR count). The molecule has 0 aliphatic rings. The third-order valence-corrected chi connectivity index (χ3v) is 2.89. The molecule has 0 atom stereocenters. The average Bonchev–Trinajstić information content (AvgIpc) is 2.37. The van der Waals surface area contributed by atoms with Crippen LogP contribution in [0.1, 0.15) is 19.4 Å². The van der Waals surface area contributed by atoms with E-state index in [2.05, 4.69) is 16.4 Å². The third kappa shape index (κ3) is 2.47. The summed E-state index contributed by atoms with van der Waals surface area (Å²) < 4.78 is 0. The van der Waals surface area contributed by atoms with Gasteiger partial charge in [-0.1, -0.05) is 18.2 Å². The van der Waals surface area contributed by atoms with E-state index in [0.29, 0.717) is 16.9 Å². The van der Waals surface area contributed by atoms with Crippen molar-refractivity contribution in [2.24, 2.45) is 5.73 Å². The van der Waals surface area contributed by atoms with Gasteiger partial charge in [0.15, 0.2) is 0 Å². The molecule has 1 amide bonds. The monoisotopic (exact) mass is 254 g/mol.